The van der Waals surface area contributed by atoms with Crippen molar-refractivity contribution in [2.45, 2.75) is 25.4 Å². The number of hydrogen-bond acceptors (Lipinski definition) is 3. The lowest BCUT2D eigenvalue weighted by Gasteiger charge is -2.20. The highest BCUT2D eigenvalue weighted by Gasteiger charge is 2.19. The second-order valence-corrected chi connectivity index (χ2v) is 5.60. The van der Waals surface area contributed by atoms with Crippen molar-refractivity contribution in [1.82, 2.24) is 9.80 Å². The molecular weight excluding hydrogens is 222 g/mol. The van der Waals surface area contributed by atoms with Gasteiger partial charge >= 0.3 is 0 Å². The van der Waals surface area contributed by atoms with Gasteiger partial charge < -0.3 is 15.1 Å². The number of hydrogen-bond donors (Lipinski definition) is 1. The number of likely N-dealkylation sites (tertiary alicyclic amines) is 1. The minimum absolute atomic E-state index is 0.697. The van der Waals surface area contributed by atoms with Gasteiger partial charge in [0.15, 0.2) is 0 Å². The number of likely N-dealkylation sites (N-methyl/N-ethyl adjacent to an activating group) is 1. The zero-order chi connectivity index (χ0) is 13.0. The number of rotatable bonds is 5. The number of anilines is 1. The molecule has 0 amide bonds. The summed E-state index contributed by atoms with van der Waals surface area (Å²) in [5, 5.41) is 3.57. The van der Waals surface area contributed by atoms with E-state index in [1.54, 1.807) is 0 Å². The van der Waals surface area contributed by atoms with Crippen LogP contribution in [0.1, 0.15) is 18.4 Å². The molecule has 3 nitrogen and oxygen atoms in total. The van der Waals surface area contributed by atoms with Crippen LogP contribution >= 0.6 is 0 Å². The highest BCUT2D eigenvalue weighted by Crippen LogP contribution is 2.17. The summed E-state index contributed by atoms with van der Waals surface area (Å²) in [5.74, 6) is 0. The summed E-state index contributed by atoms with van der Waals surface area (Å²) in [5.41, 5.74) is 2.61. The van der Waals surface area contributed by atoms with Gasteiger partial charge in [0.1, 0.15) is 0 Å². The van der Waals surface area contributed by atoms with Gasteiger partial charge in [-0.25, -0.2) is 0 Å². The summed E-state index contributed by atoms with van der Waals surface area (Å²) in [6.07, 6.45) is 2.66. The minimum atomic E-state index is 0.697. The molecule has 1 N–H and O–H groups in total. The molecule has 0 spiro atoms. The maximum absolute atomic E-state index is 3.57. The molecular formula is C15H25N3. The summed E-state index contributed by atoms with van der Waals surface area (Å²) >= 11 is 0. The Labute approximate surface area is 111 Å². The van der Waals surface area contributed by atoms with E-state index >= 15 is 0 Å². The Morgan fingerprint density at radius 3 is 2.89 bits per heavy atom. The molecule has 1 atom stereocenters. The Morgan fingerprint density at radius 2 is 2.22 bits per heavy atom. The molecule has 0 aliphatic carbocycles. The number of benzene rings is 1. The molecule has 0 aromatic heterocycles. The highest BCUT2D eigenvalue weighted by atomic mass is 15.2. The Bertz CT molecular complexity index is 376. The van der Waals surface area contributed by atoms with Crippen molar-refractivity contribution < 1.29 is 0 Å². The average molecular weight is 247 g/mol. The van der Waals surface area contributed by atoms with Gasteiger partial charge in [-0.1, -0.05) is 12.1 Å². The van der Waals surface area contributed by atoms with E-state index in [1.165, 1.54) is 30.6 Å². The zero-order valence-corrected chi connectivity index (χ0v) is 11.8. The van der Waals surface area contributed by atoms with E-state index < -0.39 is 0 Å². The summed E-state index contributed by atoms with van der Waals surface area (Å²) in [6, 6.07) is 9.44. The molecule has 1 fully saturated rings. The van der Waals surface area contributed by atoms with E-state index in [-0.39, 0.29) is 0 Å². The van der Waals surface area contributed by atoms with Crippen molar-refractivity contribution in [1.29, 1.82) is 0 Å². The van der Waals surface area contributed by atoms with E-state index in [0.29, 0.717) is 6.04 Å². The Kier molecular flexibility index (Phi) is 4.61. The Morgan fingerprint density at radius 1 is 1.39 bits per heavy atom. The molecule has 100 valence electrons. The van der Waals surface area contributed by atoms with Crippen LogP contribution in [0.4, 0.5) is 5.69 Å². The first-order chi connectivity index (χ1) is 8.65. The van der Waals surface area contributed by atoms with Crippen LogP contribution in [0.3, 0.4) is 0 Å². The molecule has 1 aromatic carbocycles. The maximum atomic E-state index is 3.57. The molecule has 0 radical (unpaired) electrons. The second kappa shape index (κ2) is 6.21. The SMILES string of the molecule is CN(C)Cc1cccc(NCC2CCCN2C)c1. The summed E-state index contributed by atoms with van der Waals surface area (Å²) in [4.78, 5) is 4.65. The zero-order valence-electron chi connectivity index (χ0n) is 11.8. The van der Waals surface area contributed by atoms with Crippen LogP contribution < -0.4 is 5.32 Å². The molecule has 0 bridgehead atoms. The van der Waals surface area contributed by atoms with Crippen molar-refractivity contribution in [3.05, 3.63) is 29.8 Å². The Balaban J connectivity index is 1.88. The predicted octanol–water partition coefficient (Wildman–Crippen LogP) is 2.25. The van der Waals surface area contributed by atoms with Gasteiger partial charge in [0, 0.05) is 24.8 Å². The smallest absolute Gasteiger partial charge is 0.0343 e. The molecule has 1 unspecified atom stereocenters. The first kappa shape index (κ1) is 13.4. The molecule has 18 heavy (non-hydrogen) atoms. The van der Waals surface area contributed by atoms with Crippen molar-refractivity contribution in [2.24, 2.45) is 0 Å². The van der Waals surface area contributed by atoms with Crippen LogP contribution in [0.25, 0.3) is 0 Å². The van der Waals surface area contributed by atoms with Crippen LogP contribution in [-0.2, 0) is 6.54 Å². The standard InChI is InChI=1S/C15H25N3/c1-17(2)12-13-6-4-7-14(10-13)16-11-15-8-5-9-18(15)3/h4,6-7,10,15-16H,5,8-9,11-12H2,1-3H3. The number of nitrogens with one attached hydrogen (secondary N) is 1. The topological polar surface area (TPSA) is 18.5 Å². The normalized spacial score (nSPS) is 20.6. The van der Waals surface area contributed by atoms with E-state index in [9.17, 15) is 0 Å². The van der Waals surface area contributed by atoms with Gasteiger partial charge in [0.25, 0.3) is 0 Å². The molecule has 1 aliphatic heterocycles. The third-order valence-electron chi connectivity index (χ3n) is 3.64. The lowest BCUT2D eigenvalue weighted by molar-refractivity contribution is 0.322. The van der Waals surface area contributed by atoms with Crippen molar-refractivity contribution in [3.8, 4) is 0 Å². The van der Waals surface area contributed by atoms with Gasteiger partial charge in [-0.3, -0.25) is 0 Å². The first-order valence-corrected chi connectivity index (χ1v) is 6.83. The largest absolute Gasteiger partial charge is 0.383 e. The fourth-order valence-electron chi connectivity index (χ4n) is 2.62. The minimum Gasteiger partial charge on any atom is -0.383 e. The molecule has 0 saturated carbocycles. The molecule has 2 rings (SSSR count). The van der Waals surface area contributed by atoms with Crippen LogP contribution in [0.5, 0.6) is 0 Å². The van der Waals surface area contributed by atoms with Gasteiger partial charge in [-0.2, -0.15) is 0 Å². The summed E-state index contributed by atoms with van der Waals surface area (Å²) in [7, 11) is 6.43. The summed E-state index contributed by atoms with van der Waals surface area (Å²) in [6.45, 7) is 3.30. The molecule has 3 heteroatoms. The Hall–Kier alpha value is -1.06. The van der Waals surface area contributed by atoms with Gasteiger partial charge in [-0.15, -0.1) is 0 Å². The summed E-state index contributed by atoms with van der Waals surface area (Å²) < 4.78 is 0. The third-order valence-corrected chi connectivity index (χ3v) is 3.64. The fourth-order valence-corrected chi connectivity index (χ4v) is 2.62. The van der Waals surface area contributed by atoms with Crippen molar-refractivity contribution in [3.63, 3.8) is 0 Å². The lowest BCUT2D eigenvalue weighted by Crippen LogP contribution is -2.31. The van der Waals surface area contributed by atoms with Crippen molar-refractivity contribution in [2.75, 3.05) is 39.5 Å². The van der Waals surface area contributed by atoms with Crippen LogP contribution in [0.15, 0.2) is 24.3 Å². The average Bonchev–Trinajstić information content (AvgIpc) is 2.72. The monoisotopic (exact) mass is 247 g/mol. The quantitative estimate of drug-likeness (QED) is 0.861. The van der Waals surface area contributed by atoms with Crippen LogP contribution in [0.2, 0.25) is 0 Å². The van der Waals surface area contributed by atoms with Crippen LogP contribution in [0, 0.1) is 0 Å². The maximum Gasteiger partial charge on any atom is 0.0343 e. The van der Waals surface area contributed by atoms with Gasteiger partial charge in [0.05, 0.1) is 0 Å². The number of nitrogens with zero attached hydrogens (tertiary/aromatic N) is 2. The van der Waals surface area contributed by atoms with E-state index in [1.807, 2.05) is 0 Å². The van der Waals surface area contributed by atoms with E-state index in [2.05, 4.69) is 60.5 Å². The van der Waals surface area contributed by atoms with E-state index in [0.717, 1.165) is 13.1 Å². The van der Waals surface area contributed by atoms with Gasteiger partial charge in [-0.05, 0) is 58.2 Å². The molecule has 1 aliphatic rings. The molecule has 1 saturated heterocycles. The molecule has 1 aromatic rings. The highest BCUT2D eigenvalue weighted by molar-refractivity contribution is 5.45. The molecule has 1 heterocycles. The third kappa shape index (κ3) is 3.72. The lowest BCUT2D eigenvalue weighted by atomic mass is 10.1. The second-order valence-electron chi connectivity index (χ2n) is 5.60. The fraction of sp³-hybridized carbons (Fsp3) is 0.600. The van der Waals surface area contributed by atoms with Gasteiger partial charge in [0.2, 0.25) is 0 Å². The predicted molar refractivity (Wildman–Crippen MR) is 78.0 cm³/mol. The first-order valence-electron chi connectivity index (χ1n) is 6.83. The van der Waals surface area contributed by atoms with Crippen LogP contribution in [-0.4, -0.2) is 50.1 Å². The van der Waals surface area contributed by atoms with Crippen molar-refractivity contribution >= 4 is 5.69 Å². The van der Waals surface area contributed by atoms with E-state index in [4.69, 9.17) is 0 Å².